The third-order valence-electron chi connectivity index (χ3n) is 2.61. The quantitative estimate of drug-likeness (QED) is 0.714. The molecule has 0 aliphatic carbocycles. The molecule has 1 aromatic carbocycles. The van der Waals surface area contributed by atoms with Crippen molar-refractivity contribution in [1.82, 2.24) is 0 Å². The normalized spacial score (nSPS) is 13.6. The summed E-state index contributed by atoms with van der Waals surface area (Å²) in [5.74, 6) is 0.143. The molecule has 0 aromatic heterocycles. The second-order valence-corrected chi connectivity index (χ2v) is 3.68. The minimum atomic E-state index is -0.262. The maximum Gasteiger partial charge on any atom is 0.264 e. The molecular weight excluding hydrogens is 220 g/mol. The monoisotopic (exact) mass is 230 g/mol. The minimum absolute atomic E-state index is 0.00892. The van der Waals surface area contributed by atoms with E-state index < -0.39 is 0 Å². The summed E-state index contributed by atoms with van der Waals surface area (Å²) in [6.07, 6.45) is -0.169. The topological polar surface area (TPSA) is 70.4 Å². The number of carbonyl (C=O) groups is 2. The van der Waals surface area contributed by atoms with Gasteiger partial charge in [0.15, 0.2) is 12.4 Å². The fraction of sp³-hybridized carbons (Fsp3) is 0.250. The Kier molecular flexibility index (Phi) is 2.79. The Morgan fingerprint density at radius 3 is 3.06 bits per heavy atom. The largest absolute Gasteiger partial charge is 0.482 e. The van der Waals surface area contributed by atoms with Crippen LogP contribution in [-0.2, 0) is 4.79 Å². The average Bonchev–Trinajstić information content (AvgIpc) is 2.34. The van der Waals surface area contributed by atoms with E-state index in [1.165, 1.54) is 4.90 Å². The number of amides is 1. The van der Waals surface area contributed by atoms with E-state index in [0.29, 0.717) is 17.0 Å². The van der Waals surface area contributed by atoms with Crippen molar-refractivity contribution >= 4 is 17.4 Å². The summed E-state index contributed by atoms with van der Waals surface area (Å²) in [6.45, 7) is 0.00892. The molecule has 86 valence electrons. The molecule has 1 heterocycles. The molecule has 0 bridgehead atoms. The number of fused-ring (bicyclic) bond motifs is 1. The number of nitrogens with zero attached hydrogens (tertiary/aromatic N) is 2. The lowest BCUT2D eigenvalue weighted by molar-refractivity contribution is -0.120. The van der Waals surface area contributed by atoms with Crippen molar-refractivity contribution in [3.05, 3.63) is 23.8 Å². The van der Waals surface area contributed by atoms with Crippen LogP contribution < -0.4 is 9.64 Å². The van der Waals surface area contributed by atoms with Crippen molar-refractivity contribution in [1.29, 1.82) is 5.26 Å². The number of benzene rings is 1. The zero-order valence-electron chi connectivity index (χ0n) is 9.27. The molecule has 2 rings (SSSR count). The van der Waals surface area contributed by atoms with Gasteiger partial charge in [0, 0.05) is 12.6 Å². The van der Waals surface area contributed by atoms with Gasteiger partial charge in [0.25, 0.3) is 5.91 Å². The van der Waals surface area contributed by atoms with Crippen molar-refractivity contribution in [2.24, 2.45) is 0 Å². The van der Waals surface area contributed by atoms with E-state index >= 15 is 0 Å². The molecule has 1 aliphatic rings. The molecule has 0 fully saturated rings. The SMILES string of the molecule is CN1C(=O)COc2ccc(C(=O)CC#N)cc21. The minimum Gasteiger partial charge on any atom is -0.482 e. The number of Topliss-reactive ketones (excluding diaryl/α,β-unsaturated/α-hetero) is 1. The van der Waals surface area contributed by atoms with Crippen LogP contribution in [0.2, 0.25) is 0 Å². The van der Waals surface area contributed by atoms with Gasteiger partial charge in [-0.1, -0.05) is 0 Å². The first-order chi connectivity index (χ1) is 8.13. The molecule has 5 nitrogen and oxygen atoms in total. The number of nitriles is 1. The molecule has 0 radical (unpaired) electrons. The Hall–Kier alpha value is -2.35. The summed E-state index contributed by atoms with van der Waals surface area (Å²) in [5, 5.41) is 8.47. The Morgan fingerprint density at radius 2 is 2.35 bits per heavy atom. The number of rotatable bonds is 2. The number of hydrogen-bond acceptors (Lipinski definition) is 4. The van der Waals surface area contributed by atoms with Gasteiger partial charge in [-0.25, -0.2) is 0 Å². The smallest absolute Gasteiger partial charge is 0.264 e. The lowest BCUT2D eigenvalue weighted by Crippen LogP contribution is -2.35. The lowest BCUT2D eigenvalue weighted by atomic mass is 10.1. The molecule has 0 saturated carbocycles. The molecule has 0 spiro atoms. The van der Waals surface area contributed by atoms with Crippen LogP contribution >= 0.6 is 0 Å². The van der Waals surface area contributed by atoms with E-state index in [1.807, 2.05) is 0 Å². The number of hydrogen-bond donors (Lipinski definition) is 0. The maximum atomic E-state index is 11.6. The molecule has 0 unspecified atom stereocenters. The number of anilines is 1. The highest BCUT2D eigenvalue weighted by atomic mass is 16.5. The Balaban J connectivity index is 2.39. The van der Waals surface area contributed by atoms with E-state index in [2.05, 4.69) is 0 Å². The molecule has 1 aromatic rings. The Bertz CT molecular complexity index is 531. The van der Waals surface area contributed by atoms with Crippen molar-refractivity contribution in [2.45, 2.75) is 6.42 Å². The number of ether oxygens (including phenoxy) is 1. The highest BCUT2D eigenvalue weighted by Gasteiger charge is 2.23. The first kappa shape index (κ1) is 11.1. The third kappa shape index (κ3) is 1.97. The number of likely N-dealkylation sites (N-methyl/N-ethyl adjacent to an activating group) is 1. The zero-order chi connectivity index (χ0) is 12.4. The molecular formula is C12H10N2O3. The van der Waals surface area contributed by atoms with Crippen molar-refractivity contribution in [3.63, 3.8) is 0 Å². The van der Waals surface area contributed by atoms with Crippen molar-refractivity contribution in [2.75, 3.05) is 18.6 Å². The Morgan fingerprint density at radius 1 is 1.59 bits per heavy atom. The molecule has 0 atom stereocenters. The molecule has 0 saturated heterocycles. The van der Waals surface area contributed by atoms with Crippen LogP contribution in [0, 0.1) is 11.3 Å². The highest BCUT2D eigenvalue weighted by Crippen LogP contribution is 2.32. The van der Waals surface area contributed by atoms with Gasteiger partial charge in [0.1, 0.15) is 5.75 Å². The second-order valence-electron chi connectivity index (χ2n) is 3.68. The van der Waals surface area contributed by atoms with Crippen molar-refractivity contribution in [3.8, 4) is 11.8 Å². The van der Waals surface area contributed by atoms with Crippen LogP contribution in [-0.4, -0.2) is 25.3 Å². The van der Waals surface area contributed by atoms with Gasteiger partial charge >= 0.3 is 0 Å². The first-order valence-electron chi connectivity index (χ1n) is 5.07. The lowest BCUT2D eigenvalue weighted by Gasteiger charge is -2.26. The van der Waals surface area contributed by atoms with Gasteiger partial charge in [-0.2, -0.15) is 5.26 Å². The summed E-state index contributed by atoms with van der Waals surface area (Å²) in [7, 11) is 1.63. The second kappa shape index (κ2) is 4.26. The molecule has 1 aliphatic heterocycles. The highest BCUT2D eigenvalue weighted by molar-refractivity contribution is 6.02. The maximum absolute atomic E-state index is 11.6. The average molecular weight is 230 g/mol. The molecule has 17 heavy (non-hydrogen) atoms. The molecule has 1 amide bonds. The molecule has 0 N–H and O–H groups in total. The van der Waals surface area contributed by atoms with Crippen LogP contribution in [0.1, 0.15) is 16.8 Å². The van der Waals surface area contributed by atoms with E-state index in [9.17, 15) is 9.59 Å². The number of carbonyl (C=O) groups excluding carboxylic acids is 2. The van der Waals surface area contributed by atoms with Crippen LogP contribution in [0.3, 0.4) is 0 Å². The van der Waals surface area contributed by atoms with Crippen LogP contribution in [0.25, 0.3) is 0 Å². The van der Waals surface area contributed by atoms with Crippen LogP contribution in [0.5, 0.6) is 5.75 Å². The van der Waals surface area contributed by atoms with Crippen LogP contribution in [0.4, 0.5) is 5.69 Å². The van der Waals surface area contributed by atoms with Gasteiger partial charge < -0.3 is 9.64 Å². The van der Waals surface area contributed by atoms with Gasteiger partial charge in [-0.15, -0.1) is 0 Å². The van der Waals surface area contributed by atoms with Crippen LogP contribution in [0.15, 0.2) is 18.2 Å². The standard InChI is InChI=1S/C12H10N2O3/c1-14-9-6-8(10(15)4-5-13)2-3-11(9)17-7-12(14)16/h2-3,6H,4,7H2,1H3. The van der Waals surface area contributed by atoms with E-state index in [-0.39, 0.29) is 24.7 Å². The van der Waals surface area contributed by atoms with Gasteiger partial charge in [-0.3, -0.25) is 9.59 Å². The molecule has 5 heteroatoms. The van der Waals surface area contributed by atoms with E-state index in [0.717, 1.165) is 0 Å². The fourth-order valence-corrected chi connectivity index (χ4v) is 1.62. The summed E-state index contributed by atoms with van der Waals surface area (Å²) in [4.78, 5) is 24.4. The predicted octanol–water partition coefficient (Wildman–Crippen LogP) is 1.14. The Labute approximate surface area is 98.2 Å². The van der Waals surface area contributed by atoms with Gasteiger partial charge in [0.2, 0.25) is 0 Å². The fourth-order valence-electron chi connectivity index (χ4n) is 1.62. The first-order valence-corrected chi connectivity index (χ1v) is 5.07. The summed E-state index contributed by atoms with van der Waals surface area (Å²) in [5.41, 5.74) is 0.973. The van der Waals surface area contributed by atoms with E-state index in [4.69, 9.17) is 10.00 Å². The van der Waals surface area contributed by atoms with E-state index in [1.54, 1.807) is 31.3 Å². The third-order valence-corrected chi connectivity index (χ3v) is 2.61. The zero-order valence-corrected chi connectivity index (χ0v) is 9.27. The summed E-state index contributed by atoms with van der Waals surface area (Å²) >= 11 is 0. The number of ketones is 1. The van der Waals surface area contributed by atoms with Gasteiger partial charge in [0.05, 0.1) is 18.2 Å². The summed E-state index contributed by atoms with van der Waals surface area (Å²) in [6, 6.07) is 6.62. The summed E-state index contributed by atoms with van der Waals surface area (Å²) < 4.78 is 5.23. The van der Waals surface area contributed by atoms with Crippen molar-refractivity contribution < 1.29 is 14.3 Å². The van der Waals surface area contributed by atoms with Gasteiger partial charge in [-0.05, 0) is 18.2 Å². The predicted molar refractivity (Wildman–Crippen MR) is 59.9 cm³/mol.